The maximum atomic E-state index is 12.8. The molecule has 0 amide bonds. The molecule has 0 aliphatic heterocycles. The minimum atomic E-state index is -0.762. The van der Waals surface area contributed by atoms with Gasteiger partial charge >= 0.3 is 17.9 Å². The van der Waals surface area contributed by atoms with Crippen LogP contribution in [0.25, 0.3) is 0 Å². The first kappa shape index (κ1) is 59.4. The number of esters is 3. The number of hydrogen-bond donors (Lipinski definition) is 0. The lowest BCUT2D eigenvalue weighted by atomic mass is 10.0. The van der Waals surface area contributed by atoms with Crippen molar-refractivity contribution < 1.29 is 28.6 Å². The van der Waals surface area contributed by atoms with E-state index in [9.17, 15) is 14.4 Å². The molecule has 0 heterocycles. The van der Waals surface area contributed by atoms with Gasteiger partial charge in [-0.2, -0.15) is 0 Å². The molecule has 0 saturated carbocycles. The monoisotopic (exact) mass is 863 g/mol. The van der Waals surface area contributed by atoms with E-state index in [1.807, 2.05) is 0 Å². The van der Waals surface area contributed by atoms with Gasteiger partial charge in [-0.15, -0.1) is 0 Å². The number of carbonyl (C=O) groups is 3. The van der Waals surface area contributed by atoms with E-state index in [0.29, 0.717) is 19.3 Å². The molecule has 0 radical (unpaired) electrons. The molecule has 0 aliphatic carbocycles. The summed E-state index contributed by atoms with van der Waals surface area (Å²) in [6.07, 6.45) is 49.5. The molecule has 0 N–H and O–H groups in total. The van der Waals surface area contributed by atoms with Gasteiger partial charge in [-0.3, -0.25) is 14.4 Å². The van der Waals surface area contributed by atoms with Gasteiger partial charge in [0.1, 0.15) is 13.2 Å². The quantitative estimate of drug-likeness (QED) is 0.0344. The largest absolute Gasteiger partial charge is 0.462 e. The van der Waals surface area contributed by atoms with Crippen LogP contribution in [0.5, 0.6) is 0 Å². The van der Waals surface area contributed by atoms with Gasteiger partial charge in [0.25, 0.3) is 0 Å². The van der Waals surface area contributed by atoms with Crippen molar-refractivity contribution in [3.8, 4) is 0 Å². The van der Waals surface area contributed by atoms with Gasteiger partial charge in [0.05, 0.1) is 0 Å². The molecule has 0 saturated heterocycles. The van der Waals surface area contributed by atoms with Gasteiger partial charge in [0.2, 0.25) is 0 Å². The summed E-state index contributed by atoms with van der Waals surface area (Å²) in [5, 5.41) is 0. The zero-order valence-corrected chi connectivity index (χ0v) is 41.8. The van der Waals surface area contributed by atoms with Crippen LogP contribution < -0.4 is 0 Å². The van der Waals surface area contributed by atoms with Gasteiger partial charge in [-0.25, -0.2) is 0 Å². The maximum Gasteiger partial charge on any atom is 0.306 e. The van der Waals surface area contributed by atoms with Gasteiger partial charge in [0.15, 0.2) is 6.10 Å². The van der Waals surface area contributed by atoms with Crippen LogP contribution in [0.3, 0.4) is 0 Å². The van der Waals surface area contributed by atoms with E-state index in [4.69, 9.17) is 14.2 Å². The van der Waals surface area contributed by atoms with Gasteiger partial charge in [0, 0.05) is 19.3 Å². The summed E-state index contributed by atoms with van der Waals surface area (Å²) in [7, 11) is 0. The number of ether oxygens (including phenoxy) is 3. The SMILES string of the molecule is CCCCCCCCCCCCCCCCCCC(=O)OC[C@@H](COC(=O)CCCCCCCCCCCCC(C)C)OC(=O)CCCCCCCCCCCCCC(C)C. The third-order valence-electron chi connectivity index (χ3n) is 12.5. The Morgan fingerprint density at radius 2 is 0.541 bits per heavy atom. The Hall–Kier alpha value is -1.59. The van der Waals surface area contributed by atoms with E-state index in [0.717, 1.165) is 69.6 Å². The molecule has 0 aromatic carbocycles. The number of hydrogen-bond acceptors (Lipinski definition) is 6. The summed E-state index contributed by atoms with van der Waals surface area (Å²) < 4.78 is 16.8. The van der Waals surface area contributed by atoms with Crippen molar-refractivity contribution >= 4 is 17.9 Å². The van der Waals surface area contributed by atoms with Crippen LogP contribution in [0, 0.1) is 11.8 Å². The molecule has 362 valence electrons. The zero-order valence-electron chi connectivity index (χ0n) is 41.8. The Balaban J connectivity index is 4.31. The smallest absolute Gasteiger partial charge is 0.306 e. The molecule has 6 heteroatoms. The van der Waals surface area contributed by atoms with E-state index in [-0.39, 0.29) is 31.1 Å². The highest BCUT2D eigenvalue weighted by atomic mass is 16.6. The van der Waals surface area contributed by atoms with Crippen molar-refractivity contribution in [3.05, 3.63) is 0 Å². The predicted molar refractivity (Wildman–Crippen MR) is 261 cm³/mol. The zero-order chi connectivity index (χ0) is 44.7. The molecule has 6 nitrogen and oxygen atoms in total. The Bertz CT molecular complexity index is 931. The van der Waals surface area contributed by atoms with Crippen LogP contribution in [0.15, 0.2) is 0 Å². The first-order chi connectivity index (χ1) is 29.7. The van der Waals surface area contributed by atoms with E-state index >= 15 is 0 Å². The van der Waals surface area contributed by atoms with E-state index < -0.39 is 6.10 Å². The number of rotatable bonds is 49. The molecule has 1 atom stereocenters. The maximum absolute atomic E-state index is 12.8. The predicted octanol–water partition coefficient (Wildman–Crippen LogP) is 17.7. The molecule has 61 heavy (non-hydrogen) atoms. The highest BCUT2D eigenvalue weighted by molar-refractivity contribution is 5.71. The Kier molecular flexibility index (Phi) is 46.6. The van der Waals surface area contributed by atoms with Crippen molar-refractivity contribution in [2.45, 2.75) is 310 Å². The highest BCUT2D eigenvalue weighted by Gasteiger charge is 2.19. The van der Waals surface area contributed by atoms with Gasteiger partial charge in [-0.05, 0) is 31.1 Å². The van der Waals surface area contributed by atoms with Gasteiger partial charge in [-0.1, -0.05) is 266 Å². The lowest BCUT2D eigenvalue weighted by Crippen LogP contribution is -2.30. The molecule has 0 aromatic heterocycles. The van der Waals surface area contributed by atoms with Gasteiger partial charge < -0.3 is 14.2 Å². The standard InChI is InChI=1S/C55H106O6/c1-6-7-8-9-10-11-12-13-14-15-16-19-25-30-35-40-45-53(56)59-48-52(49-60-54(57)46-41-36-31-26-22-21-24-29-34-39-44-51(4)5)61-55(58)47-42-37-32-27-20-17-18-23-28-33-38-43-50(2)3/h50-52H,6-49H2,1-5H3/t52-/m0/s1. The molecular weight excluding hydrogens is 757 g/mol. The van der Waals surface area contributed by atoms with Crippen LogP contribution in [0.4, 0.5) is 0 Å². The molecule has 0 rings (SSSR count). The molecule has 0 aromatic rings. The van der Waals surface area contributed by atoms with Crippen LogP contribution in [0.1, 0.15) is 304 Å². The van der Waals surface area contributed by atoms with E-state index in [1.165, 1.54) is 193 Å². The van der Waals surface area contributed by atoms with Crippen molar-refractivity contribution in [2.24, 2.45) is 11.8 Å². The molecule has 0 aliphatic rings. The Morgan fingerprint density at radius 1 is 0.311 bits per heavy atom. The minimum Gasteiger partial charge on any atom is -0.462 e. The fourth-order valence-corrected chi connectivity index (χ4v) is 8.34. The minimum absolute atomic E-state index is 0.0633. The first-order valence-corrected chi connectivity index (χ1v) is 27.2. The highest BCUT2D eigenvalue weighted by Crippen LogP contribution is 2.18. The topological polar surface area (TPSA) is 78.9 Å². The van der Waals surface area contributed by atoms with Crippen LogP contribution >= 0.6 is 0 Å². The summed E-state index contributed by atoms with van der Waals surface area (Å²) in [5.74, 6) is 0.799. The van der Waals surface area contributed by atoms with Crippen LogP contribution in [-0.2, 0) is 28.6 Å². The normalized spacial score (nSPS) is 12.0. The summed E-state index contributed by atoms with van der Waals surface area (Å²) in [4.78, 5) is 38.0. The Labute approximate surface area is 380 Å². The second-order valence-electron chi connectivity index (χ2n) is 19.8. The van der Waals surface area contributed by atoms with Crippen molar-refractivity contribution in [3.63, 3.8) is 0 Å². The van der Waals surface area contributed by atoms with Crippen molar-refractivity contribution in [1.29, 1.82) is 0 Å². The number of carbonyl (C=O) groups excluding carboxylic acids is 3. The van der Waals surface area contributed by atoms with E-state index in [2.05, 4.69) is 34.6 Å². The van der Waals surface area contributed by atoms with Crippen LogP contribution in [0.2, 0.25) is 0 Å². The van der Waals surface area contributed by atoms with Crippen LogP contribution in [-0.4, -0.2) is 37.2 Å². The van der Waals surface area contributed by atoms with Crippen molar-refractivity contribution in [2.75, 3.05) is 13.2 Å². The van der Waals surface area contributed by atoms with Crippen molar-refractivity contribution in [1.82, 2.24) is 0 Å². The lowest BCUT2D eigenvalue weighted by Gasteiger charge is -2.18. The summed E-state index contributed by atoms with van der Waals surface area (Å²) >= 11 is 0. The summed E-state index contributed by atoms with van der Waals surface area (Å²) in [6, 6.07) is 0. The molecular formula is C55H106O6. The second-order valence-corrected chi connectivity index (χ2v) is 19.8. The first-order valence-electron chi connectivity index (χ1n) is 27.2. The molecule has 0 bridgehead atoms. The average Bonchev–Trinajstić information content (AvgIpc) is 3.23. The fraction of sp³-hybridized carbons (Fsp3) is 0.945. The number of unbranched alkanes of at least 4 members (excludes halogenated alkanes) is 34. The molecule has 0 fully saturated rings. The lowest BCUT2D eigenvalue weighted by molar-refractivity contribution is -0.167. The fourth-order valence-electron chi connectivity index (χ4n) is 8.34. The average molecular weight is 863 g/mol. The summed E-state index contributed by atoms with van der Waals surface area (Å²) in [6.45, 7) is 11.4. The third kappa shape index (κ3) is 49.3. The summed E-state index contributed by atoms with van der Waals surface area (Å²) in [5.41, 5.74) is 0. The third-order valence-corrected chi connectivity index (χ3v) is 12.5. The molecule has 0 spiro atoms. The molecule has 0 unspecified atom stereocenters. The second kappa shape index (κ2) is 47.9. The Morgan fingerprint density at radius 3 is 0.803 bits per heavy atom. The van der Waals surface area contributed by atoms with E-state index in [1.54, 1.807) is 0 Å².